The van der Waals surface area contributed by atoms with Gasteiger partial charge in [0.2, 0.25) is 6.33 Å². The van der Waals surface area contributed by atoms with Gasteiger partial charge in [-0.3, -0.25) is 0 Å². The monoisotopic (exact) mass is 339 g/mol. The smallest absolute Gasteiger partial charge is 0.381 e. The molecule has 1 heterocycles. The van der Waals surface area contributed by atoms with Crippen molar-refractivity contribution >= 4 is 5.82 Å². The van der Waals surface area contributed by atoms with Crippen LogP contribution in [0, 0.1) is 10.1 Å². The van der Waals surface area contributed by atoms with Crippen LogP contribution >= 0.6 is 0 Å². The molecule has 3 aromatic rings. The number of aliphatic hydroxyl groups is 1. The van der Waals surface area contributed by atoms with Crippen molar-refractivity contribution in [1.82, 2.24) is 9.55 Å². The van der Waals surface area contributed by atoms with Gasteiger partial charge in [-0.05, 0) is 33.2 Å². The first-order valence-electron chi connectivity index (χ1n) is 7.74. The van der Waals surface area contributed by atoms with Gasteiger partial charge in [-0.2, -0.15) is 0 Å². The van der Waals surface area contributed by atoms with Crippen molar-refractivity contribution < 1.29 is 14.8 Å². The molecule has 3 rings (SSSR count). The van der Waals surface area contributed by atoms with Crippen molar-refractivity contribution in [3.05, 3.63) is 77.2 Å². The highest BCUT2D eigenvalue weighted by molar-refractivity contribution is 5.63. The lowest BCUT2D eigenvalue weighted by Crippen LogP contribution is -2.23. The third-order valence-corrected chi connectivity index (χ3v) is 3.63. The molecule has 0 amide bonds. The van der Waals surface area contributed by atoms with Crippen molar-refractivity contribution in [2.24, 2.45) is 0 Å². The molecular weight excluding hydrogens is 322 g/mol. The lowest BCUT2D eigenvalue weighted by Gasteiger charge is -2.12. The molecule has 0 aliphatic heterocycles. The molecule has 2 aromatic carbocycles. The maximum atomic E-state index is 10.6. The molecular formula is C18H17N3O4. The van der Waals surface area contributed by atoms with E-state index in [-0.39, 0.29) is 19.0 Å². The Kier molecular flexibility index (Phi) is 5.06. The van der Waals surface area contributed by atoms with Gasteiger partial charge in [-0.1, -0.05) is 42.5 Å². The van der Waals surface area contributed by atoms with Crippen LogP contribution in [0.2, 0.25) is 0 Å². The van der Waals surface area contributed by atoms with Gasteiger partial charge >= 0.3 is 5.82 Å². The first kappa shape index (κ1) is 16.7. The Morgan fingerprint density at radius 2 is 1.80 bits per heavy atom. The summed E-state index contributed by atoms with van der Waals surface area (Å²) in [6.07, 6.45) is 1.79. The van der Waals surface area contributed by atoms with Crippen LogP contribution in [0.4, 0.5) is 5.82 Å². The number of nitrogens with zero attached hydrogens (tertiary/aromatic N) is 3. The van der Waals surface area contributed by atoms with E-state index in [1.165, 1.54) is 17.1 Å². The summed E-state index contributed by atoms with van der Waals surface area (Å²) in [5.41, 5.74) is 2.20. The van der Waals surface area contributed by atoms with Gasteiger partial charge in [0.15, 0.2) is 0 Å². The number of ether oxygens (including phenoxy) is 1. The van der Waals surface area contributed by atoms with E-state index < -0.39 is 11.0 Å². The van der Waals surface area contributed by atoms with Gasteiger partial charge in [0, 0.05) is 0 Å². The number of aliphatic hydroxyl groups excluding tert-OH is 1. The number of nitro groups is 1. The second-order valence-electron chi connectivity index (χ2n) is 5.54. The molecule has 0 aliphatic rings. The minimum atomic E-state index is -0.803. The number of hydrogen-bond acceptors (Lipinski definition) is 5. The molecule has 128 valence electrons. The van der Waals surface area contributed by atoms with E-state index in [1.54, 1.807) is 0 Å². The quantitative estimate of drug-likeness (QED) is 0.528. The lowest BCUT2D eigenvalue weighted by molar-refractivity contribution is -0.389. The Bertz CT molecular complexity index is 831. The maximum Gasteiger partial charge on any atom is 0.381 e. The standard InChI is InChI=1S/C18H17N3O4/c22-16(10-20-11-18(19-13-20)21(23)24)12-25-17-8-6-15(7-9-17)14-4-2-1-3-5-14/h1-9,11,13,16,22H,10,12H2/t16-/m0/s1. The summed E-state index contributed by atoms with van der Waals surface area (Å²) in [6.45, 7) is 0.250. The first-order chi connectivity index (χ1) is 12.1. The Balaban J connectivity index is 1.53. The molecule has 1 aromatic heterocycles. The molecule has 1 atom stereocenters. The zero-order valence-electron chi connectivity index (χ0n) is 13.4. The molecule has 7 nitrogen and oxygen atoms in total. The van der Waals surface area contributed by atoms with Crippen LogP contribution in [0.5, 0.6) is 5.75 Å². The van der Waals surface area contributed by atoms with Crippen LogP contribution in [-0.2, 0) is 6.54 Å². The molecule has 0 unspecified atom stereocenters. The number of benzene rings is 2. The normalized spacial score (nSPS) is 11.9. The lowest BCUT2D eigenvalue weighted by atomic mass is 10.1. The topological polar surface area (TPSA) is 90.4 Å². The molecule has 0 fully saturated rings. The van der Waals surface area contributed by atoms with Crippen molar-refractivity contribution in [1.29, 1.82) is 0 Å². The van der Waals surface area contributed by atoms with Crippen LogP contribution in [0.25, 0.3) is 11.1 Å². The van der Waals surface area contributed by atoms with E-state index >= 15 is 0 Å². The Labute approximate surface area is 144 Å². The van der Waals surface area contributed by atoms with Gasteiger partial charge in [0.05, 0.1) is 6.54 Å². The second kappa shape index (κ2) is 7.59. The van der Waals surface area contributed by atoms with E-state index in [0.29, 0.717) is 5.75 Å². The minimum absolute atomic E-state index is 0.0800. The van der Waals surface area contributed by atoms with Crippen molar-refractivity contribution in [3.8, 4) is 16.9 Å². The summed E-state index contributed by atoms with van der Waals surface area (Å²) in [6, 6.07) is 17.6. The van der Waals surface area contributed by atoms with Crippen molar-refractivity contribution in [2.75, 3.05) is 6.61 Å². The van der Waals surface area contributed by atoms with Gasteiger partial charge < -0.3 is 24.5 Å². The molecule has 1 N–H and O–H groups in total. The average molecular weight is 339 g/mol. The SMILES string of the molecule is O=[N+]([O-])c1cn(C[C@H](O)COc2ccc(-c3ccccc3)cc2)cn1. The van der Waals surface area contributed by atoms with Gasteiger partial charge in [-0.25, -0.2) is 0 Å². The summed E-state index contributed by atoms with van der Waals surface area (Å²) in [5.74, 6) is 0.403. The summed E-state index contributed by atoms with van der Waals surface area (Å²) < 4.78 is 7.03. The van der Waals surface area contributed by atoms with Gasteiger partial charge in [0.25, 0.3) is 0 Å². The van der Waals surface area contributed by atoms with Gasteiger partial charge in [0.1, 0.15) is 24.7 Å². The predicted molar refractivity (Wildman–Crippen MR) is 92.3 cm³/mol. The Morgan fingerprint density at radius 3 is 2.44 bits per heavy atom. The number of imidazole rings is 1. The fraction of sp³-hybridized carbons (Fsp3) is 0.167. The van der Waals surface area contributed by atoms with Crippen LogP contribution in [-0.4, -0.2) is 32.3 Å². The minimum Gasteiger partial charge on any atom is -0.491 e. The fourth-order valence-electron chi connectivity index (χ4n) is 2.41. The Morgan fingerprint density at radius 1 is 1.12 bits per heavy atom. The largest absolute Gasteiger partial charge is 0.491 e. The molecule has 0 aliphatic carbocycles. The highest BCUT2D eigenvalue weighted by Gasteiger charge is 2.13. The first-order valence-corrected chi connectivity index (χ1v) is 7.74. The second-order valence-corrected chi connectivity index (χ2v) is 5.54. The van der Waals surface area contributed by atoms with Gasteiger partial charge in [-0.15, -0.1) is 0 Å². The molecule has 7 heteroatoms. The summed E-state index contributed by atoms with van der Waals surface area (Å²) in [7, 11) is 0. The van der Waals surface area contributed by atoms with Crippen molar-refractivity contribution in [3.63, 3.8) is 0 Å². The third-order valence-electron chi connectivity index (χ3n) is 3.63. The van der Waals surface area contributed by atoms with E-state index in [2.05, 4.69) is 4.98 Å². The van der Waals surface area contributed by atoms with Crippen LogP contribution < -0.4 is 4.74 Å². The van der Waals surface area contributed by atoms with E-state index in [4.69, 9.17) is 4.74 Å². The number of aromatic nitrogens is 2. The molecule has 0 spiro atoms. The predicted octanol–water partition coefficient (Wildman–Crippen LogP) is 2.90. The van der Waals surface area contributed by atoms with E-state index in [0.717, 1.165) is 11.1 Å². The van der Waals surface area contributed by atoms with E-state index in [9.17, 15) is 15.2 Å². The maximum absolute atomic E-state index is 10.6. The highest BCUT2D eigenvalue weighted by atomic mass is 16.6. The number of hydrogen-bond donors (Lipinski definition) is 1. The molecule has 0 saturated heterocycles. The fourth-order valence-corrected chi connectivity index (χ4v) is 2.41. The summed E-state index contributed by atoms with van der Waals surface area (Å²) in [5, 5.41) is 20.6. The molecule has 25 heavy (non-hydrogen) atoms. The summed E-state index contributed by atoms with van der Waals surface area (Å²) >= 11 is 0. The number of rotatable bonds is 7. The Hall–Kier alpha value is -3.19. The highest BCUT2D eigenvalue weighted by Crippen LogP contribution is 2.22. The van der Waals surface area contributed by atoms with E-state index in [1.807, 2.05) is 54.6 Å². The third kappa shape index (κ3) is 4.42. The van der Waals surface area contributed by atoms with Crippen molar-refractivity contribution in [2.45, 2.75) is 12.6 Å². The van der Waals surface area contributed by atoms with Crippen LogP contribution in [0.3, 0.4) is 0 Å². The molecule has 0 bridgehead atoms. The molecule has 0 saturated carbocycles. The average Bonchev–Trinajstić information content (AvgIpc) is 3.10. The zero-order chi connectivity index (χ0) is 17.6. The summed E-state index contributed by atoms with van der Waals surface area (Å²) in [4.78, 5) is 13.6. The van der Waals surface area contributed by atoms with Crippen LogP contribution in [0.15, 0.2) is 67.1 Å². The zero-order valence-corrected chi connectivity index (χ0v) is 13.4. The van der Waals surface area contributed by atoms with Crippen LogP contribution in [0.1, 0.15) is 0 Å². The molecule has 0 radical (unpaired) electrons.